The number of benzene rings is 1. The standard InChI is InChI=1S/C23H22N4O6S/c1-3-32-20(28)13-26-22(21(25-23(26)34)16-6-4-5-11-24-16)18-10-9-17(33-18)15-8-7-14(27(29)30)12-19(15)31-2/h4-12,21-22H,3,13H2,1-2H3,(H,25,34)/t21-,22-/m0/s1. The molecule has 0 saturated carbocycles. The van der Waals surface area contributed by atoms with E-state index in [1.807, 2.05) is 18.2 Å². The summed E-state index contributed by atoms with van der Waals surface area (Å²) in [5.74, 6) is 0.875. The second kappa shape index (κ2) is 9.87. The summed E-state index contributed by atoms with van der Waals surface area (Å²) >= 11 is 5.53. The van der Waals surface area contributed by atoms with E-state index in [1.165, 1.54) is 19.2 Å². The van der Waals surface area contributed by atoms with Gasteiger partial charge in [-0.15, -0.1) is 0 Å². The summed E-state index contributed by atoms with van der Waals surface area (Å²) in [7, 11) is 1.43. The predicted molar refractivity (Wildman–Crippen MR) is 126 cm³/mol. The van der Waals surface area contributed by atoms with Crippen LogP contribution in [0, 0.1) is 10.1 Å². The first kappa shape index (κ1) is 23.2. The Morgan fingerprint density at radius 1 is 1.29 bits per heavy atom. The van der Waals surface area contributed by atoms with Gasteiger partial charge in [-0.1, -0.05) is 6.07 Å². The fourth-order valence-electron chi connectivity index (χ4n) is 3.88. The Morgan fingerprint density at radius 2 is 2.12 bits per heavy atom. The molecule has 10 nitrogen and oxygen atoms in total. The van der Waals surface area contributed by atoms with E-state index < -0.39 is 16.9 Å². The van der Waals surface area contributed by atoms with Gasteiger partial charge in [0.25, 0.3) is 5.69 Å². The third kappa shape index (κ3) is 4.55. The van der Waals surface area contributed by atoms with Crippen LogP contribution < -0.4 is 10.1 Å². The number of ether oxygens (including phenoxy) is 2. The summed E-state index contributed by atoms with van der Waals surface area (Å²) in [5.41, 5.74) is 1.19. The van der Waals surface area contributed by atoms with Gasteiger partial charge in [-0.2, -0.15) is 0 Å². The average molecular weight is 483 g/mol. The lowest BCUT2D eigenvalue weighted by atomic mass is 10.0. The monoisotopic (exact) mass is 482 g/mol. The molecule has 0 aliphatic carbocycles. The van der Waals surface area contributed by atoms with E-state index in [1.54, 1.807) is 36.2 Å². The molecule has 4 rings (SSSR count). The number of nitro groups is 1. The van der Waals surface area contributed by atoms with E-state index in [0.29, 0.717) is 27.9 Å². The zero-order valence-corrected chi connectivity index (χ0v) is 19.3. The normalized spacial score (nSPS) is 17.4. The van der Waals surface area contributed by atoms with E-state index in [-0.39, 0.29) is 24.9 Å². The summed E-state index contributed by atoms with van der Waals surface area (Å²) in [6, 6.07) is 12.5. The number of nitrogens with zero attached hydrogens (tertiary/aromatic N) is 3. The number of nitro benzene ring substituents is 1. The van der Waals surface area contributed by atoms with E-state index in [0.717, 1.165) is 5.69 Å². The Labute approximate surface area is 200 Å². The molecular weight excluding hydrogens is 460 g/mol. The number of pyridine rings is 1. The second-order valence-electron chi connectivity index (χ2n) is 7.40. The number of nitrogens with one attached hydrogen (secondary N) is 1. The van der Waals surface area contributed by atoms with Gasteiger partial charge in [-0.25, -0.2) is 0 Å². The Bertz CT molecular complexity index is 1220. The Hall–Kier alpha value is -3.99. The van der Waals surface area contributed by atoms with Crippen LogP contribution in [0.2, 0.25) is 0 Å². The highest BCUT2D eigenvalue weighted by molar-refractivity contribution is 7.80. The Balaban J connectivity index is 1.73. The van der Waals surface area contributed by atoms with Gasteiger partial charge in [0.1, 0.15) is 29.9 Å². The van der Waals surface area contributed by atoms with Gasteiger partial charge in [0.15, 0.2) is 5.11 Å². The molecule has 3 heterocycles. The molecule has 1 saturated heterocycles. The highest BCUT2D eigenvalue weighted by atomic mass is 32.1. The van der Waals surface area contributed by atoms with Crippen molar-refractivity contribution < 1.29 is 23.6 Å². The van der Waals surface area contributed by atoms with Crippen LogP contribution in [0.15, 0.2) is 59.1 Å². The highest BCUT2D eigenvalue weighted by Gasteiger charge is 2.42. The van der Waals surface area contributed by atoms with E-state index in [4.69, 9.17) is 26.1 Å². The number of hydrogen-bond acceptors (Lipinski definition) is 8. The number of methoxy groups -OCH3 is 1. The van der Waals surface area contributed by atoms with Gasteiger partial charge in [0.2, 0.25) is 0 Å². The fraction of sp³-hybridized carbons (Fsp3) is 0.261. The zero-order valence-electron chi connectivity index (χ0n) is 18.5. The van der Waals surface area contributed by atoms with Crippen molar-refractivity contribution in [3.8, 4) is 17.1 Å². The van der Waals surface area contributed by atoms with Crippen molar-refractivity contribution >= 4 is 29.0 Å². The first-order valence-corrected chi connectivity index (χ1v) is 10.9. The number of esters is 1. The molecular formula is C23H22N4O6S. The van der Waals surface area contributed by atoms with E-state index in [9.17, 15) is 14.9 Å². The maximum absolute atomic E-state index is 12.3. The van der Waals surface area contributed by atoms with Crippen LogP contribution >= 0.6 is 12.2 Å². The molecule has 34 heavy (non-hydrogen) atoms. The van der Waals surface area contributed by atoms with Gasteiger partial charge in [0, 0.05) is 12.3 Å². The van der Waals surface area contributed by atoms with Crippen molar-refractivity contribution in [2.45, 2.75) is 19.0 Å². The fourth-order valence-corrected chi connectivity index (χ4v) is 4.19. The Kier molecular flexibility index (Phi) is 6.73. The van der Waals surface area contributed by atoms with Crippen LogP contribution in [-0.4, -0.2) is 46.2 Å². The summed E-state index contributed by atoms with van der Waals surface area (Å²) in [6.45, 7) is 1.93. The molecule has 1 aromatic carbocycles. The Morgan fingerprint density at radius 3 is 2.79 bits per heavy atom. The third-order valence-electron chi connectivity index (χ3n) is 5.38. The number of carbonyl (C=O) groups is 1. The maximum Gasteiger partial charge on any atom is 0.325 e. The molecule has 1 aliphatic rings. The lowest BCUT2D eigenvalue weighted by Gasteiger charge is -2.25. The van der Waals surface area contributed by atoms with Crippen LogP contribution in [0.1, 0.15) is 30.5 Å². The van der Waals surface area contributed by atoms with Crippen LogP contribution in [0.25, 0.3) is 11.3 Å². The van der Waals surface area contributed by atoms with Crippen molar-refractivity contribution in [1.82, 2.24) is 15.2 Å². The molecule has 1 aliphatic heterocycles. The summed E-state index contributed by atoms with van der Waals surface area (Å²) in [4.78, 5) is 29.1. The topological polar surface area (TPSA) is 120 Å². The molecule has 0 spiro atoms. The predicted octanol–water partition coefficient (Wildman–Crippen LogP) is 3.79. The van der Waals surface area contributed by atoms with Crippen molar-refractivity contribution in [1.29, 1.82) is 0 Å². The molecule has 11 heteroatoms. The molecule has 2 atom stereocenters. The van der Waals surface area contributed by atoms with Crippen molar-refractivity contribution in [3.63, 3.8) is 0 Å². The number of thiocarbonyl (C=S) groups is 1. The number of furan rings is 1. The van der Waals surface area contributed by atoms with Gasteiger partial charge in [-0.3, -0.25) is 19.9 Å². The number of non-ortho nitro benzene ring substituents is 1. The summed E-state index contributed by atoms with van der Waals surface area (Å²) in [5, 5.41) is 14.7. The van der Waals surface area contributed by atoms with Gasteiger partial charge >= 0.3 is 5.97 Å². The number of hydrogen-bond donors (Lipinski definition) is 1. The van der Waals surface area contributed by atoms with Crippen molar-refractivity contribution in [3.05, 3.63) is 76.3 Å². The molecule has 1 N–H and O–H groups in total. The van der Waals surface area contributed by atoms with Crippen LogP contribution in [0.4, 0.5) is 5.69 Å². The molecule has 0 unspecified atom stereocenters. The first-order chi connectivity index (χ1) is 16.4. The minimum atomic E-state index is -0.490. The zero-order chi connectivity index (χ0) is 24.2. The van der Waals surface area contributed by atoms with Crippen molar-refractivity contribution in [2.24, 2.45) is 0 Å². The number of rotatable bonds is 8. The number of carbonyl (C=O) groups excluding carboxylic acids is 1. The summed E-state index contributed by atoms with van der Waals surface area (Å²) < 4.78 is 16.7. The maximum atomic E-state index is 12.3. The molecule has 3 aromatic rings. The van der Waals surface area contributed by atoms with E-state index in [2.05, 4.69) is 10.3 Å². The third-order valence-corrected chi connectivity index (χ3v) is 5.73. The SMILES string of the molecule is CCOC(=O)CN1C(=S)N[C@@H](c2ccccn2)[C@@H]1c1ccc(-c2ccc([N+](=O)[O-])cc2OC)o1. The summed E-state index contributed by atoms with van der Waals surface area (Å²) in [6.07, 6.45) is 1.68. The smallest absolute Gasteiger partial charge is 0.325 e. The van der Waals surface area contributed by atoms with Crippen LogP contribution in [0.3, 0.4) is 0 Å². The molecule has 1 fully saturated rings. The van der Waals surface area contributed by atoms with Gasteiger partial charge in [-0.05, 0) is 49.5 Å². The largest absolute Gasteiger partial charge is 0.496 e. The molecule has 176 valence electrons. The highest BCUT2D eigenvalue weighted by Crippen LogP contribution is 2.42. The van der Waals surface area contributed by atoms with Gasteiger partial charge in [0.05, 0.1) is 42.0 Å². The molecule has 0 amide bonds. The van der Waals surface area contributed by atoms with E-state index >= 15 is 0 Å². The lowest BCUT2D eigenvalue weighted by molar-refractivity contribution is -0.384. The minimum absolute atomic E-state index is 0.0649. The van der Waals surface area contributed by atoms with Gasteiger partial charge < -0.3 is 24.1 Å². The molecule has 0 bridgehead atoms. The van der Waals surface area contributed by atoms with Crippen LogP contribution in [0.5, 0.6) is 5.75 Å². The number of aromatic nitrogens is 1. The lowest BCUT2D eigenvalue weighted by Crippen LogP contribution is -2.35. The second-order valence-corrected chi connectivity index (χ2v) is 7.79. The van der Waals surface area contributed by atoms with Crippen molar-refractivity contribution in [2.75, 3.05) is 20.3 Å². The molecule has 0 radical (unpaired) electrons. The average Bonchev–Trinajstić information content (AvgIpc) is 3.44. The quantitative estimate of drug-likeness (QED) is 0.220. The van der Waals surface area contributed by atoms with Crippen LogP contribution in [-0.2, 0) is 9.53 Å². The first-order valence-electron chi connectivity index (χ1n) is 10.5. The minimum Gasteiger partial charge on any atom is -0.496 e. The molecule has 2 aromatic heterocycles.